The van der Waals surface area contributed by atoms with Gasteiger partial charge >= 0.3 is 5.97 Å². The Bertz CT molecular complexity index is 770. The third-order valence-electron chi connectivity index (χ3n) is 3.19. The molecule has 1 atom stereocenters. The molecule has 0 fully saturated rings. The maximum atomic E-state index is 11.9. The molecule has 130 valence electrons. The van der Waals surface area contributed by atoms with Crippen molar-refractivity contribution in [1.29, 1.82) is 0 Å². The predicted octanol–water partition coefficient (Wildman–Crippen LogP) is 3.26. The van der Waals surface area contributed by atoms with Gasteiger partial charge in [0.2, 0.25) is 5.91 Å². The SMILES string of the molecule is CCOC(=O)c1ccc(NC(=O)/C=C\S(=O)Cc2ccccc2)cc1. The van der Waals surface area contributed by atoms with Crippen LogP contribution in [0.15, 0.2) is 66.1 Å². The zero-order chi connectivity index (χ0) is 18.1. The zero-order valence-electron chi connectivity index (χ0n) is 13.8. The number of anilines is 1. The second-order valence-corrected chi connectivity index (χ2v) is 6.42. The number of carbonyl (C=O) groups is 2. The van der Waals surface area contributed by atoms with E-state index in [2.05, 4.69) is 5.32 Å². The second-order valence-electron chi connectivity index (χ2n) is 5.10. The molecule has 0 radical (unpaired) electrons. The molecule has 25 heavy (non-hydrogen) atoms. The van der Waals surface area contributed by atoms with Gasteiger partial charge in [0.05, 0.1) is 28.7 Å². The first-order valence-corrected chi connectivity index (χ1v) is 9.14. The first-order chi connectivity index (χ1) is 12.1. The van der Waals surface area contributed by atoms with Crippen molar-refractivity contribution in [2.45, 2.75) is 12.7 Å². The molecule has 0 aliphatic heterocycles. The van der Waals surface area contributed by atoms with E-state index in [0.29, 0.717) is 23.6 Å². The molecule has 0 aliphatic rings. The maximum absolute atomic E-state index is 11.9. The van der Waals surface area contributed by atoms with Crippen LogP contribution in [0.5, 0.6) is 0 Å². The Kier molecular flexibility index (Phi) is 7.10. The fourth-order valence-corrected chi connectivity index (χ4v) is 2.90. The van der Waals surface area contributed by atoms with Crippen LogP contribution < -0.4 is 5.32 Å². The first kappa shape index (κ1) is 18.6. The number of nitrogens with one attached hydrogen (secondary N) is 1. The lowest BCUT2D eigenvalue weighted by atomic mass is 10.2. The standard InChI is InChI=1S/C19H19NO4S/c1-2-24-19(22)16-8-10-17(11-9-16)20-18(21)12-13-25(23)14-15-6-4-3-5-7-15/h3-13H,2,14H2,1H3,(H,20,21)/b13-12-. The van der Waals surface area contributed by atoms with Crippen LogP contribution in [0, 0.1) is 0 Å². The molecule has 0 aliphatic carbocycles. The average molecular weight is 357 g/mol. The van der Waals surface area contributed by atoms with E-state index in [4.69, 9.17) is 4.74 Å². The van der Waals surface area contributed by atoms with Crippen LogP contribution in [0.1, 0.15) is 22.8 Å². The zero-order valence-corrected chi connectivity index (χ0v) is 14.6. The molecule has 2 aromatic carbocycles. The number of hydrogen-bond donors (Lipinski definition) is 1. The summed E-state index contributed by atoms with van der Waals surface area (Å²) in [5, 5.41) is 4.02. The molecule has 2 rings (SSSR count). The Morgan fingerprint density at radius 1 is 1.08 bits per heavy atom. The van der Waals surface area contributed by atoms with Crippen LogP contribution in [0.25, 0.3) is 0 Å². The third kappa shape index (κ3) is 6.35. The Hall–Kier alpha value is -2.73. The summed E-state index contributed by atoms with van der Waals surface area (Å²) in [6.45, 7) is 2.04. The van der Waals surface area contributed by atoms with Gasteiger partial charge < -0.3 is 10.1 Å². The van der Waals surface area contributed by atoms with Crippen LogP contribution in [-0.4, -0.2) is 22.7 Å². The summed E-state index contributed by atoms with van der Waals surface area (Å²) in [5.74, 6) is -0.430. The Morgan fingerprint density at radius 2 is 1.76 bits per heavy atom. The van der Waals surface area contributed by atoms with Crippen molar-refractivity contribution >= 4 is 28.4 Å². The third-order valence-corrected chi connectivity index (χ3v) is 4.24. The van der Waals surface area contributed by atoms with Crippen molar-refractivity contribution in [2.75, 3.05) is 11.9 Å². The van der Waals surface area contributed by atoms with E-state index in [-0.39, 0.29) is 5.91 Å². The van der Waals surface area contributed by atoms with Gasteiger partial charge in [0, 0.05) is 17.2 Å². The molecule has 6 heteroatoms. The number of esters is 1. The molecule has 5 nitrogen and oxygen atoms in total. The summed E-state index contributed by atoms with van der Waals surface area (Å²) < 4.78 is 16.8. The van der Waals surface area contributed by atoms with Gasteiger partial charge in [0.25, 0.3) is 0 Å². The second kappa shape index (κ2) is 9.54. The average Bonchev–Trinajstić information content (AvgIpc) is 2.62. The van der Waals surface area contributed by atoms with Gasteiger partial charge in [0.1, 0.15) is 0 Å². The first-order valence-electron chi connectivity index (χ1n) is 7.76. The minimum atomic E-state index is -1.26. The van der Waals surface area contributed by atoms with Crippen LogP contribution in [0.3, 0.4) is 0 Å². The lowest BCUT2D eigenvalue weighted by Crippen LogP contribution is -2.09. The molecule has 0 spiro atoms. The minimum Gasteiger partial charge on any atom is -0.462 e. The van der Waals surface area contributed by atoms with Gasteiger partial charge in [-0.05, 0) is 36.8 Å². The van der Waals surface area contributed by atoms with Gasteiger partial charge in [-0.25, -0.2) is 4.79 Å². The fraction of sp³-hybridized carbons (Fsp3) is 0.158. The lowest BCUT2D eigenvalue weighted by Gasteiger charge is -2.04. The topological polar surface area (TPSA) is 72.5 Å². The normalized spacial score (nSPS) is 11.9. The highest BCUT2D eigenvalue weighted by Gasteiger charge is 2.06. The largest absolute Gasteiger partial charge is 0.462 e. The van der Waals surface area contributed by atoms with Gasteiger partial charge in [-0.1, -0.05) is 30.3 Å². The van der Waals surface area contributed by atoms with Gasteiger partial charge in [-0.3, -0.25) is 9.00 Å². The monoisotopic (exact) mass is 357 g/mol. The van der Waals surface area contributed by atoms with E-state index in [1.165, 1.54) is 11.5 Å². The van der Waals surface area contributed by atoms with E-state index < -0.39 is 16.8 Å². The van der Waals surface area contributed by atoms with E-state index >= 15 is 0 Å². The number of hydrogen-bond acceptors (Lipinski definition) is 4. The predicted molar refractivity (Wildman–Crippen MR) is 98.5 cm³/mol. The Labute approximate surface area is 149 Å². The number of ether oxygens (including phenoxy) is 1. The molecule has 0 saturated carbocycles. The van der Waals surface area contributed by atoms with Crippen molar-refractivity contribution in [1.82, 2.24) is 0 Å². The van der Waals surface area contributed by atoms with Crippen LogP contribution in [0.2, 0.25) is 0 Å². The van der Waals surface area contributed by atoms with Crippen LogP contribution in [0.4, 0.5) is 5.69 Å². The van der Waals surface area contributed by atoms with Crippen LogP contribution in [-0.2, 0) is 26.1 Å². The van der Waals surface area contributed by atoms with E-state index in [0.717, 1.165) is 5.56 Å². The number of rotatable bonds is 7. The van der Waals surface area contributed by atoms with Gasteiger partial charge in [-0.15, -0.1) is 0 Å². The molecule has 1 amide bonds. The van der Waals surface area contributed by atoms with E-state index in [1.54, 1.807) is 31.2 Å². The Morgan fingerprint density at radius 3 is 2.40 bits per heavy atom. The highest BCUT2D eigenvalue weighted by Crippen LogP contribution is 2.11. The van der Waals surface area contributed by atoms with Crippen molar-refractivity contribution in [2.24, 2.45) is 0 Å². The van der Waals surface area contributed by atoms with E-state index in [9.17, 15) is 13.8 Å². The number of amides is 1. The molecular formula is C19H19NO4S. The minimum absolute atomic E-state index is 0.308. The van der Waals surface area contributed by atoms with Gasteiger partial charge in [0.15, 0.2) is 0 Å². The van der Waals surface area contributed by atoms with Crippen molar-refractivity contribution in [3.8, 4) is 0 Å². The summed E-state index contributed by atoms with van der Waals surface area (Å²) in [6, 6.07) is 15.8. The van der Waals surface area contributed by atoms with Crippen molar-refractivity contribution in [3.05, 3.63) is 77.2 Å². The van der Waals surface area contributed by atoms with Crippen molar-refractivity contribution < 1.29 is 18.5 Å². The fourth-order valence-electron chi connectivity index (χ4n) is 2.01. The molecule has 0 aromatic heterocycles. The highest BCUT2D eigenvalue weighted by atomic mass is 32.2. The molecular weight excluding hydrogens is 338 g/mol. The molecule has 2 aromatic rings. The van der Waals surface area contributed by atoms with Crippen molar-refractivity contribution in [3.63, 3.8) is 0 Å². The van der Waals surface area contributed by atoms with E-state index in [1.807, 2.05) is 30.3 Å². The molecule has 0 heterocycles. The number of benzene rings is 2. The maximum Gasteiger partial charge on any atom is 0.338 e. The molecule has 0 saturated heterocycles. The van der Waals surface area contributed by atoms with Gasteiger partial charge in [-0.2, -0.15) is 0 Å². The quantitative estimate of drug-likeness (QED) is 0.610. The lowest BCUT2D eigenvalue weighted by molar-refractivity contribution is -0.111. The number of carbonyl (C=O) groups excluding carboxylic acids is 2. The summed E-state index contributed by atoms with van der Waals surface area (Å²) in [5.41, 5.74) is 1.90. The summed E-state index contributed by atoms with van der Waals surface area (Å²) >= 11 is 0. The summed E-state index contributed by atoms with van der Waals surface area (Å²) in [7, 11) is -1.26. The summed E-state index contributed by atoms with van der Waals surface area (Å²) in [4.78, 5) is 23.4. The highest BCUT2D eigenvalue weighted by molar-refractivity contribution is 7.87. The molecule has 1 N–H and O–H groups in total. The smallest absolute Gasteiger partial charge is 0.338 e. The Balaban J connectivity index is 1.87. The molecule has 0 bridgehead atoms. The molecule has 1 unspecified atom stereocenters. The van der Waals surface area contributed by atoms with Crippen LogP contribution >= 0.6 is 0 Å². The summed E-state index contributed by atoms with van der Waals surface area (Å²) in [6.07, 6.45) is 1.25.